The largest absolute Gasteiger partial charge is 0.740 e. The quantitative estimate of drug-likeness (QED) is 0.620. The zero-order valence-corrected chi connectivity index (χ0v) is 9.78. The summed E-state index contributed by atoms with van der Waals surface area (Å²) in [6, 6.07) is 5.84. The van der Waals surface area contributed by atoms with Crippen LogP contribution in [-0.2, 0) is 21.0 Å². The molecule has 0 heterocycles. The summed E-state index contributed by atoms with van der Waals surface area (Å²) >= 11 is -2.66. The van der Waals surface area contributed by atoms with Crippen molar-refractivity contribution in [1.29, 1.82) is 0 Å². The lowest BCUT2D eigenvalue weighted by molar-refractivity contribution is -0.124. The van der Waals surface area contributed by atoms with E-state index in [1.165, 1.54) is 25.1 Å². The minimum absolute atomic E-state index is 0.0824. The van der Waals surface area contributed by atoms with Gasteiger partial charge in [0.15, 0.2) is 0 Å². The number of anilines is 1. The molecule has 0 fully saturated rings. The second-order valence-electron chi connectivity index (χ2n) is 3.24. The van der Waals surface area contributed by atoms with Gasteiger partial charge in [0, 0.05) is 11.8 Å². The molecule has 0 aromatic heterocycles. The molecule has 92 valence electrons. The molecule has 1 aromatic rings. The van der Waals surface area contributed by atoms with E-state index < -0.39 is 17.3 Å². The minimum Gasteiger partial charge on any atom is -0.740 e. The molecular weight excluding hydrogens is 246 g/mol. The Balaban J connectivity index is 2.68. The third-order valence-corrected chi connectivity index (χ3v) is 2.02. The van der Waals surface area contributed by atoms with Crippen molar-refractivity contribution < 1.29 is 22.5 Å². The molecular formula is C10H10NO5S-. The third-order valence-electron chi connectivity index (χ3n) is 1.69. The van der Waals surface area contributed by atoms with Gasteiger partial charge < -0.3 is 14.1 Å². The Kier molecular flexibility index (Phi) is 4.80. The van der Waals surface area contributed by atoms with Crippen LogP contribution >= 0.6 is 0 Å². The lowest BCUT2D eigenvalue weighted by atomic mass is 10.2. The van der Waals surface area contributed by atoms with Crippen LogP contribution in [0.1, 0.15) is 13.3 Å². The number of carbonyl (C=O) groups excluding carboxylic acids is 2. The smallest absolute Gasteiger partial charge is 0.231 e. The molecule has 6 nitrogen and oxygen atoms in total. The van der Waals surface area contributed by atoms with E-state index in [2.05, 4.69) is 9.50 Å². The topological polar surface area (TPSA) is 95.5 Å². The van der Waals surface area contributed by atoms with Gasteiger partial charge in [0.2, 0.25) is 5.91 Å². The Hall–Kier alpha value is -1.73. The average molecular weight is 256 g/mol. The van der Waals surface area contributed by atoms with E-state index >= 15 is 0 Å². The number of benzene rings is 1. The fraction of sp³-hybridized carbons (Fsp3) is 0.200. The number of hydrogen-bond acceptors (Lipinski definition) is 5. The van der Waals surface area contributed by atoms with E-state index in [4.69, 9.17) is 0 Å². The molecule has 0 saturated carbocycles. The molecule has 0 aliphatic carbocycles. The lowest BCUT2D eigenvalue weighted by Crippen LogP contribution is -2.14. The summed E-state index contributed by atoms with van der Waals surface area (Å²) < 4.78 is 25.0. The van der Waals surface area contributed by atoms with Crippen molar-refractivity contribution in [3.8, 4) is 5.75 Å². The fourth-order valence-corrected chi connectivity index (χ4v) is 1.40. The normalized spacial score (nSPS) is 11.6. The first-order valence-corrected chi connectivity index (χ1v) is 5.64. The summed E-state index contributed by atoms with van der Waals surface area (Å²) in [7, 11) is 0. The Bertz CT molecular complexity index is 460. The molecule has 0 spiro atoms. The van der Waals surface area contributed by atoms with Gasteiger partial charge in [-0.2, -0.15) is 0 Å². The molecule has 1 unspecified atom stereocenters. The zero-order valence-electron chi connectivity index (χ0n) is 8.97. The van der Waals surface area contributed by atoms with Crippen LogP contribution in [0.15, 0.2) is 24.3 Å². The number of rotatable bonds is 5. The van der Waals surface area contributed by atoms with E-state index in [1.807, 2.05) is 0 Å². The molecule has 0 bridgehead atoms. The van der Waals surface area contributed by atoms with Crippen LogP contribution in [-0.4, -0.2) is 20.5 Å². The Labute approximate surface area is 100 Å². The van der Waals surface area contributed by atoms with E-state index in [-0.39, 0.29) is 18.0 Å². The number of amides is 1. The molecule has 0 aliphatic heterocycles. The second kappa shape index (κ2) is 6.12. The van der Waals surface area contributed by atoms with Crippen LogP contribution in [0.5, 0.6) is 5.75 Å². The lowest BCUT2D eigenvalue weighted by Gasteiger charge is -2.09. The SMILES string of the molecule is CC(=O)CC(=O)Nc1cccc(OS(=O)[O-])c1. The first-order valence-electron chi connectivity index (χ1n) is 4.64. The summed E-state index contributed by atoms with van der Waals surface area (Å²) in [5.74, 6) is -0.632. The summed E-state index contributed by atoms with van der Waals surface area (Å²) in [5.41, 5.74) is 0.360. The van der Waals surface area contributed by atoms with Crippen molar-refractivity contribution in [3.63, 3.8) is 0 Å². The number of Topliss-reactive ketones (excluding diaryl/α,β-unsaturated/α-hetero) is 1. The maximum atomic E-state index is 11.3. The number of carbonyl (C=O) groups is 2. The second-order valence-corrected chi connectivity index (χ2v) is 3.82. The van der Waals surface area contributed by atoms with E-state index in [0.29, 0.717) is 5.69 Å². The van der Waals surface area contributed by atoms with E-state index in [0.717, 1.165) is 0 Å². The molecule has 0 radical (unpaired) electrons. The van der Waals surface area contributed by atoms with Crippen molar-refractivity contribution in [2.24, 2.45) is 0 Å². The molecule has 0 aliphatic rings. The average Bonchev–Trinajstić information content (AvgIpc) is 2.14. The van der Waals surface area contributed by atoms with Gasteiger partial charge in [-0.05, 0) is 19.1 Å². The number of hydrogen-bond donors (Lipinski definition) is 1. The van der Waals surface area contributed by atoms with Crippen LogP contribution < -0.4 is 9.50 Å². The first kappa shape index (κ1) is 13.3. The summed E-state index contributed by atoms with van der Waals surface area (Å²) in [4.78, 5) is 22.0. The first-order chi connectivity index (χ1) is 7.97. The Morgan fingerprint density at radius 2 is 2.18 bits per heavy atom. The molecule has 1 rings (SSSR count). The van der Waals surface area contributed by atoms with Crippen LogP contribution in [0.4, 0.5) is 5.69 Å². The summed E-state index contributed by atoms with van der Waals surface area (Å²) in [6.07, 6.45) is -0.224. The van der Waals surface area contributed by atoms with Crippen molar-refractivity contribution in [2.75, 3.05) is 5.32 Å². The fourth-order valence-electron chi connectivity index (χ4n) is 1.14. The maximum absolute atomic E-state index is 11.3. The van der Waals surface area contributed by atoms with Crippen molar-refractivity contribution >= 4 is 28.7 Å². The highest BCUT2D eigenvalue weighted by Gasteiger charge is 2.06. The van der Waals surface area contributed by atoms with Crippen molar-refractivity contribution in [3.05, 3.63) is 24.3 Å². The molecule has 17 heavy (non-hydrogen) atoms. The summed E-state index contributed by atoms with van der Waals surface area (Å²) in [5, 5.41) is 2.45. The van der Waals surface area contributed by atoms with Gasteiger partial charge in [-0.15, -0.1) is 0 Å². The number of ketones is 1. The Morgan fingerprint density at radius 1 is 1.47 bits per heavy atom. The van der Waals surface area contributed by atoms with Gasteiger partial charge in [-0.25, -0.2) is 4.21 Å². The van der Waals surface area contributed by atoms with Crippen LogP contribution in [0.2, 0.25) is 0 Å². The van der Waals surface area contributed by atoms with Crippen LogP contribution in [0, 0.1) is 0 Å². The highest BCUT2D eigenvalue weighted by molar-refractivity contribution is 7.74. The van der Waals surface area contributed by atoms with E-state index in [9.17, 15) is 18.4 Å². The molecule has 1 aromatic carbocycles. The van der Waals surface area contributed by atoms with Crippen molar-refractivity contribution in [1.82, 2.24) is 0 Å². The predicted molar refractivity (Wildman–Crippen MR) is 59.9 cm³/mol. The van der Waals surface area contributed by atoms with Gasteiger partial charge in [0.1, 0.15) is 22.9 Å². The standard InChI is InChI=1S/C10H11NO5S/c1-7(12)5-10(13)11-8-3-2-4-9(6-8)16-17(14)15/h2-4,6H,5H2,1H3,(H,11,13)(H,14,15)/p-1. The zero-order chi connectivity index (χ0) is 12.8. The highest BCUT2D eigenvalue weighted by atomic mass is 32.2. The van der Waals surface area contributed by atoms with Crippen LogP contribution in [0.25, 0.3) is 0 Å². The van der Waals surface area contributed by atoms with Crippen molar-refractivity contribution in [2.45, 2.75) is 13.3 Å². The molecule has 7 heteroatoms. The maximum Gasteiger partial charge on any atom is 0.231 e. The monoisotopic (exact) mass is 256 g/mol. The van der Waals surface area contributed by atoms with Gasteiger partial charge in [0.25, 0.3) is 0 Å². The molecule has 1 amide bonds. The predicted octanol–water partition coefficient (Wildman–Crippen LogP) is 0.777. The van der Waals surface area contributed by atoms with Gasteiger partial charge in [-0.3, -0.25) is 9.59 Å². The molecule has 0 saturated heterocycles. The third kappa shape index (κ3) is 5.23. The number of nitrogens with one attached hydrogen (secondary N) is 1. The minimum atomic E-state index is -2.66. The van der Waals surface area contributed by atoms with E-state index in [1.54, 1.807) is 6.07 Å². The summed E-state index contributed by atoms with van der Waals surface area (Å²) in [6.45, 7) is 1.31. The van der Waals surface area contributed by atoms with Gasteiger partial charge in [0.05, 0.1) is 6.42 Å². The Morgan fingerprint density at radius 3 is 2.76 bits per heavy atom. The molecule has 1 N–H and O–H groups in total. The van der Waals surface area contributed by atoms with Gasteiger partial charge >= 0.3 is 0 Å². The van der Waals surface area contributed by atoms with Gasteiger partial charge in [-0.1, -0.05) is 6.07 Å². The highest BCUT2D eigenvalue weighted by Crippen LogP contribution is 2.17. The molecule has 1 atom stereocenters. The van der Waals surface area contributed by atoms with Crippen LogP contribution in [0.3, 0.4) is 0 Å².